The lowest BCUT2D eigenvalue weighted by atomic mass is 10.0. The van der Waals surface area contributed by atoms with Crippen LogP contribution < -0.4 is 5.32 Å². The van der Waals surface area contributed by atoms with Crippen LogP contribution in [0, 0.1) is 17.7 Å². The zero-order valence-corrected chi connectivity index (χ0v) is 12.6. The highest BCUT2D eigenvalue weighted by atomic mass is 79.9. The first-order valence-electron chi connectivity index (χ1n) is 6.74. The average molecular weight is 314 g/mol. The molecule has 0 radical (unpaired) electrons. The van der Waals surface area contributed by atoms with Crippen molar-refractivity contribution in [2.24, 2.45) is 11.8 Å². The molecule has 1 nitrogen and oxygen atoms in total. The summed E-state index contributed by atoms with van der Waals surface area (Å²) in [6.45, 7) is 5.35. The molecule has 1 aliphatic carbocycles. The van der Waals surface area contributed by atoms with Crippen molar-refractivity contribution in [2.45, 2.75) is 39.2 Å². The van der Waals surface area contributed by atoms with Gasteiger partial charge in [-0.15, -0.1) is 0 Å². The molecule has 3 unspecified atom stereocenters. The Labute approximate surface area is 117 Å². The van der Waals surface area contributed by atoms with Crippen LogP contribution in [0.3, 0.4) is 0 Å². The largest absolute Gasteiger partial charge is 0.310 e. The Hall–Kier alpha value is -0.410. The standard InChI is InChI=1S/C15H21BrFN/c1-10-3-4-12(7-10)9-18-11(2)14-6-5-13(16)8-15(14)17/h5-6,8,10-12,18H,3-4,7,9H2,1-2H3. The van der Waals surface area contributed by atoms with Crippen LogP contribution >= 0.6 is 15.9 Å². The average Bonchev–Trinajstić information content (AvgIpc) is 2.72. The summed E-state index contributed by atoms with van der Waals surface area (Å²) in [6, 6.07) is 5.36. The highest BCUT2D eigenvalue weighted by molar-refractivity contribution is 9.10. The Morgan fingerprint density at radius 1 is 1.44 bits per heavy atom. The van der Waals surface area contributed by atoms with Gasteiger partial charge >= 0.3 is 0 Å². The smallest absolute Gasteiger partial charge is 0.129 e. The molecule has 100 valence electrons. The van der Waals surface area contributed by atoms with Gasteiger partial charge in [-0.1, -0.05) is 35.3 Å². The SMILES string of the molecule is CC1CCC(CNC(C)c2ccc(Br)cc2F)C1. The van der Waals surface area contributed by atoms with Crippen LogP contribution in [0.5, 0.6) is 0 Å². The van der Waals surface area contributed by atoms with E-state index in [4.69, 9.17) is 0 Å². The first-order valence-corrected chi connectivity index (χ1v) is 7.54. The minimum absolute atomic E-state index is 0.0778. The maximum absolute atomic E-state index is 13.8. The molecule has 0 bridgehead atoms. The van der Waals surface area contributed by atoms with Gasteiger partial charge in [-0.05, 0) is 50.3 Å². The lowest BCUT2D eigenvalue weighted by molar-refractivity contribution is 0.432. The van der Waals surface area contributed by atoms with E-state index in [-0.39, 0.29) is 11.9 Å². The molecule has 0 aliphatic heterocycles. The van der Waals surface area contributed by atoms with Crippen molar-refractivity contribution in [3.8, 4) is 0 Å². The first-order chi connectivity index (χ1) is 8.56. The van der Waals surface area contributed by atoms with Crippen LogP contribution in [0.2, 0.25) is 0 Å². The van der Waals surface area contributed by atoms with Crippen molar-refractivity contribution in [2.75, 3.05) is 6.54 Å². The fourth-order valence-corrected chi connectivity index (χ4v) is 3.15. The van der Waals surface area contributed by atoms with Gasteiger partial charge < -0.3 is 5.32 Å². The molecule has 2 rings (SSSR count). The summed E-state index contributed by atoms with van der Waals surface area (Å²) >= 11 is 3.28. The van der Waals surface area contributed by atoms with Gasteiger partial charge in [0.25, 0.3) is 0 Å². The molecule has 0 amide bonds. The lowest BCUT2D eigenvalue weighted by Crippen LogP contribution is -2.25. The predicted molar refractivity (Wildman–Crippen MR) is 77.0 cm³/mol. The lowest BCUT2D eigenvalue weighted by Gasteiger charge is -2.18. The molecular weight excluding hydrogens is 293 g/mol. The van der Waals surface area contributed by atoms with Crippen molar-refractivity contribution >= 4 is 15.9 Å². The number of rotatable bonds is 4. The van der Waals surface area contributed by atoms with E-state index < -0.39 is 0 Å². The maximum atomic E-state index is 13.8. The van der Waals surface area contributed by atoms with Gasteiger partial charge in [-0.3, -0.25) is 0 Å². The van der Waals surface area contributed by atoms with Gasteiger partial charge in [0.15, 0.2) is 0 Å². The molecule has 0 heterocycles. The molecule has 3 heteroatoms. The minimum atomic E-state index is -0.135. The Kier molecular flexibility index (Phi) is 4.79. The minimum Gasteiger partial charge on any atom is -0.310 e. The molecule has 1 N–H and O–H groups in total. The Morgan fingerprint density at radius 3 is 2.83 bits per heavy atom. The fraction of sp³-hybridized carbons (Fsp3) is 0.600. The zero-order chi connectivity index (χ0) is 13.1. The monoisotopic (exact) mass is 313 g/mol. The molecule has 0 spiro atoms. The van der Waals surface area contributed by atoms with E-state index >= 15 is 0 Å². The van der Waals surface area contributed by atoms with Crippen LogP contribution in [-0.4, -0.2) is 6.54 Å². The van der Waals surface area contributed by atoms with E-state index in [0.29, 0.717) is 0 Å². The van der Waals surface area contributed by atoms with Crippen molar-refractivity contribution in [3.63, 3.8) is 0 Å². The third-order valence-electron chi connectivity index (χ3n) is 3.95. The van der Waals surface area contributed by atoms with Gasteiger partial charge in [0.2, 0.25) is 0 Å². The molecule has 3 atom stereocenters. The van der Waals surface area contributed by atoms with Gasteiger partial charge in [-0.25, -0.2) is 4.39 Å². The molecule has 1 fully saturated rings. The summed E-state index contributed by atoms with van der Waals surface area (Å²) in [7, 11) is 0. The number of hydrogen-bond acceptors (Lipinski definition) is 1. The summed E-state index contributed by atoms with van der Waals surface area (Å²) in [5.74, 6) is 1.49. The van der Waals surface area contributed by atoms with Crippen LogP contribution in [0.1, 0.15) is 44.7 Å². The molecule has 1 aromatic rings. The normalized spacial score (nSPS) is 25.3. The van der Waals surface area contributed by atoms with E-state index in [0.717, 1.165) is 28.4 Å². The van der Waals surface area contributed by atoms with E-state index in [1.165, 1.54) is 25.3 Å². The Morgan fingerprint density at radius 2 is 2.22 bits per heavy atom. The highest BCUT2D eigenvalue weighted by Crippen LogP contribution is 2.30. The third kappa shape index (κ3) is 3.55. The van der Waals surface area contributed by atoms with Gasteiger partial charge in [0.1, 0.15) is 5.82 Å². The van der Waals surface area contributed by atoms with Crippen molar-refractivity contribution in [1.82, 2.24) is 5.32 Å². The molecule has 0 saturated heterocycles. The second-order valence-electron chi connectivity index (χ2n) is 5.58. The second kappa shape index (κ2) is 6.16. The van der Waals surface area contributed by atoms with Crippen molar-refractivity contribution in [3.05, 3.63) is 34.1 Å². The van der Waals surface area contributed by atoms with Crippen LogP contribution in [0.25, 0.3) is 0 Å². The molecule has 1 aliphatic rings. The van der Waals surface area contributed by atoms with E-state index in [2.05, 4.69) is 28.2 Å². The summed E-state index contributed by atoms with van der Waals surface area (Å²) in [5, 5.41) is 3.47. The van der Waals surface area contributed by atoms with Crippen LogP contribution in [0.4, 0.5) is 4.39 Å². The van der Waals surface area contributed by atoms with Gasteiger partial charge in [0.05, 0.1) is 0 Å². The zero-order valence-electron chi connectivity index (χ0n) is 11.0. The summed E-state index contributed by atoms with van der Waals surface area (Å²) in [4.78, 5) is 0. The van der Waals surface area contributed by atoms with Crippen LogP contribution in [-0.2, 0) is 0 Å². The summed E-state index contributed by atoms with van der Waals surface area (Å²) in [6.07, 6.45) is 3.96. The quantitative estimate of drug-likeness (QED) is 0.851. The molecule has 1 saturated carbocycles. The van der Waals surface area contributed by atoms with Crippen molar-refractivity contribution < 1.29 is 4.39 Å². The Bertz CT molecular complexity index is 407. The first kappa shape index (κ1) is 14.0. The summed E-state index contributed by atoms with van der Waals surface area (Å²) in [5.41, 5.74) is 0.754. The topological polar surface area (TPSA) is 12.0 Å². The fourth-order valence-electron chi connectivity index (χ4n) is 2.82. The second-order valence-corrected chi connectivity index (χ2v) is 6.50. The van der Waals surface area contributed by atoms with E-state index in [1.54, 1.807) is 0 Å². The number of benzene rings is 1. The maximum Gasteiger partial charge on any atom is 0.129 e. The molecular formula is C15H21BrFN. The predicted octanol–water partition coefficient (Wildman–Crippen LogP) is 4.68. The van der Waals surface area contributed by atoms with E-state index in [1.807, 2.05) is 19.1 Å². The van der Waals surface area contributed by atoms with Crippen LogP contribution in [0.15, 0.2) is 22.7 Å². The Balaban J connectivity index is 1.89. The number of nitrogens with one attached hydrogen (secondary N) is 1. The molecule has 18 heavy (non-hydrogen) atoms. The van der Waals surface area contributed by atoms with E-state index in [9.17, 15) is 4.39 Å². The van der Waals surface area contributed by atoms with Crippen molar-refractivity contribution in [1.29, 1.82) is 0 Å². The number of halogens is 2. The molecule has 0 aromatic heterocycles. The van der Waals surface area contributed by atoms with Gasteiger partial charge in [0, 0.05) is 16.1 Å². The van der Waals surface area contributed by atoms with Gasteiger partial charge in [-0.2, -0.15) is 0 Å². The molecule has 1 aromatic carbocycles. The number of hydrogen-bond donors (Lipinski definition) is 1. The third-order valence-corrected chi connectivity index (χ3v) is 4.44. The summed E-state index contributed by atoms with van der Waals surface area (Å²) < 4.78 is 14.6. The highest BCUT2D eigenvalue weighted by Gasteiger charge is 2.21.